The Morgan fingerprint density at radius 1 is 0.852 bits per heavy atom. The number of allylic oxidation sites excluding steroid dienone is 2. The minimum Gasteiger partial charge on any atom is -0.256 e. The van der Waals surface area contributed by atoms with E-state index in [0.717, 1.165) is 5.75 Å². The zero-order chi connectivity index (χ0) is 19.4. The molecule has 3 heteroatoms. The molecule has 1 aromatic rings. The molecule has 0 saturated carbocycles. The van der Waals surface area contributed by atoms with Crippen LogP contribution in [0.5, 0.6) is 0 Å². The van der Waals surface area contributed by atoms with E-state index in [1.54, 1.807) is 11.9 Å². The van der Waals surface area contributed by atoms with Crippen LogP contribution in [-0.2, 0) is 0 Å². The van der Waals surface area contributed by atoms with Crippen molar-refractivity contribution in [1.29, 1.82) is 0 Å². The Morgan fingerprint density at radius 3 is 2.07 bits per heavy atom. The Bertz CT molecular complexity index is 447. The number of benzene rings is 1. The van der Waals surface area contributed by atoms with Crippen LogP contribution < -0.4 is 4.72 Å². The zero-order valence-corrected chi connectivity index (χ0v) is 19.1. The molecule has 1 nitrogen and oxygen atoms in total. The van der Waals surface area contributed by atoms with Crippen molar-refractivity contribution in [3.63, 3.8) is 0 Å². The highest BCUT2D eigenvalue weighted by molar-refractivity contribution is 7.97. The number of unbranched alkanes of at least 4 members (excludes halogenated alkanes) is 10. The van der Waals surface area contributed by atoms with E-state index in [4.69, 9.17) is 0 Å². The molecule has 1 rings (SSSR count). The lowest BCUT2D eigenvalue weighted by atomic mass is 10.1. The van der Waals surface area contributed by atoms with Gasteiger partial charge < -0.3 is 0 Å². The average molecular weight is 408 g/mol. The molecule has 0 spiro atoms. The summed E-state index contributed by atoms with van der Waals surface area (Å²) in [5.41, 5.74) is 0. The first-order valence-electron chi connectivity index (χ1n) is 11.1. The fraction of sp³-hybridized carbons (Fsp3) is 0.667. The van der Waals surface area contributed by atoms with Crippen LogP contribution in [0.15, 0.2) is 47.4 Å². The topological polar surface area (TPSA) is 12.0 Å². The summed E-state index contributed by atoms with van der Waals surface area (Å²) in [6.45, 7) is 2.28. The van der Waals surface area contributed by atoms with Crippen LogP contribution >= 0.6 is 24.6 Å². The van der Waals surface area contributed by atoms with Crippen LogP contribution in [0.4, 0.5) is 0 Å². The minimum absolute atomic E-state index is 0.496. The molecule has 0 heterocycles. The van der Waals surface area contributed by atoms with Gasteiger partial charge in [0.15, 0.2) is 0 Å². The summed E-state index contributed by atoms with van der Waals surface area (Å²) in [5, 5.41) is 0. The van der Waals surface area contributed by atoms with Crippen molar-refractivity contribution in [3.8, 4) is 0 Å². The Balaban J connectivity index is 1.90. The smallest absolute Gasteiger partial charge is 0.0263 e. The number of hydrogen-bond donors (Lipinski definition) is 2. The third-order valence-electron chi connectivity index (χ3n) is 4.87. The van der Waals surface area contributed by atoms with E-state index in [1.807, 2.05) is 0 Å². The Kier molecular flexibility index (Phi) is 17.3. The highest BCUT2D eigenvalue weighted by Gasteiger charge is 2.06. The quantitative estimate of drug-likeness (QED) is 0.110. The summed E-state index contributed by atoms with van der Waals surface area (Å²) in [5.74, 6) is 0.904. The second-order valence-electron chi connectivity index (χ2n) is 7.43. The van der Waals surface area contributed by atoms with Crippen molar-refractivity contribution in [2.45, 2.75) is 101 Å². The molecule has 0 aliphatic heterocycles. The molecular formula is C24H41NS2. The molecule has 0 radical (unpaired) electrons. The lowest BCUT2D eigenvalue weighted by molar-refractivity contribution is 0.555. The third-order valence-corrected chi connectivity index (χ3v) is 6.27. The Morgan fingerprint density at radius 2 is 1.44 bits per heavy atom. The van der Waals surface area contributed by atoms with Gasteiger partial charge in [0.25, 0.3) is 0 Å². The number of thiol groups is 1. The van der Waals surface area contributed by atoms with Crippen molar-refractivity contribution in [3.05, 3.63) is 42.5 Å². The normalized spacial score (nSPS) is 12.7. The summed E-state index contributed by atoms with van der Waals surface area (Å²) in [4.78, 5) is 1.28. The van der Waals surface area contributed by atoms with Crippen molar-refractivity contribution >= 4 is 24.6 Å². The predicted molar refractivity (Wildman–Crippen MR) is 128 cm³/mol. The molecule has 0 fully saturated rings. The van der Waals surface area contributed by atoms with Crippen molar-refractivity contribution in [2.24, 2.45) is 0 Å². The van der Waals surface area contributed by atoms with E-state index < -0.39 is 0 Å². The molecule has 1 aromatic carbocycles. The van der Waals surface area contributed by atoms with Crippen molar-refractivity contribution < 1.29 is 0 Å². The molecule has 1 atom stereocenters. The molecule has 0 bridgehead atoms. The van der Waals surface area contributed by atoms with Gasteiger partial charge in [0.05, 0.1) is 0 Å². The summed E-state index contributed by atoms with van der Waals surface area (Å²) in [6, 6.07) is 11.0. The van der Waals surface area contributed by atoms with Gasteiger partial charge in [0.2, 0.25) is 0 Å². The largest absolute Gasteiger partial charge is 0.256 e. The minimum atomic E-state index is 0.496. The summed E-state index contributed by atoms with van der Waals surface area (Å²) in [6.07, 6.45) is 22.3. The van der Waals surface area contributed by atoms with Crippen LogP contribution in [0.25, 0.3) is 0 Å². The monoisotopic (exact) mass is 407 g/mol. The van der Waals surface area contributed by atoms with Crippen LogP contribution in [0.1, 0.15) is 90.4 Å². The lowest BCUT2D eigenvalue weighted by Gasteiger charge is -2.15. The first kappa shape index (κ1) is 24.7. The van der Waals surface area contributed by atoms with Gasteiger partial charge in [0.1, 0.15) is 0 Å². The molecule has 0 aromatic heterocycles. The molecular weight excluding hydrogens is 366 g/mol. The number of nitrogens with one attached hydrogen (secondary N) is 1. The lowest BCUT2D eigenvalue weighted by Crippen LogP contribution is -2.24. The van der Waals surface area contributed by atoms with Gasteiger partial charge in [-0.3, -0.25) is 4.72 Å². The van der Waals surface area contributed by atoms with Gasteiger partial charge in [-0.25, -0.2) is 0 Å². The van der Waals surface area contributed by atoms with Gasteiger partial charge in [-0.1, -0.05) is 88.6 Å². The van der Waals surface area contributed by atoms with E-state index in [2.05, 4.69) is 66.8 Å². The van der Waals surface area contributed by atoms with Crippen molar-refractivity contribution in [2.75, 3.05) is 5.75 Å². The summed E-state index contributed by atoms with van der Waals surface area (Å²) < 4.78 is 3.56. The molecule has 27 heavy (non-hydrogen) atoms. The SMILES string of the molecule is CCCCCCCC/C=C\CCCCCCC(CS)NSc1ccccc1. The van der Waals surface area contributed by atoms with Crippen molar-refractivity contribution in [1.82, 2.24) is 4.72 Å². The van der Waals surface area contributed by atoms with Gasteiger partial charge >= 0.3 is 0 Å². The summed E-state index contributed by atoms with van der Waals surface area (Å²) >= 11 is 6.23. The molecule has 0 amide bonds. The molecule has 1 unspecified atom stereocenters. The molecule has 0 aliphatic carbocycles. The standard InChI is InChI=1S/C24H41NS2/c1-2-3-4-5-6-7-8-9-10-11-12-13-14-16-19-23(22-26)25-27-24-20-17-15-18-21-24/h9-10,15,17-18,20-21,23,25-26H,2-8,11-14,16,19,22H2,1H3/b10-9-. The number of hydrogen-bond acceptors (Lipinski definition) is 3. The zero-order valence-electron chi connectivity index (χ0n) is 17.4. The molecule has 1 N–H and O–H groups in total. The second-order valence-corrected chi connectivity index (χ2v) is 8.71. The van der Waals surface area contributed by atoms with Crippen LogP contribution in [0.2, 0.25) is 0 Å². The fourth-order valence-electron chi connectivity index (χ4n) is 3.11. The first-order valence-corrected chi connectivity index (χ1v) is 12.5. The van der Waals surface area contributed by atoms with E-state index in [-0.39, 0.29) is 0 Å². The van der Waals surface area contributed by atoms with E-state index >= 15 is 0 Å². The molecule has 0 aliphatic rings. The molecule has 154 valence electrons. The molecule has 0 saturated heterocycles. The fourth-order valence-corrected chi connectivity index (χ4v) is 4.31. The highest BCUT2D eigenvalue weighted by atomic mass is 32.2. The van der Waals surface area contributed by atoms with Crippen LogP contribution in [-0.4, -0.2) is 11.8 Å². The van der Waals surface area contributed by atoms with E-state index in [9.17, 15) is 0 Å². The van der Waals surface area contributed by atoms with Gasteiger partial charge in [-0.2, -0.15) is 12.6 Å². The summed E-state index contributed by atoms with van der Waals surface area (Å²) in [7, 11) is 0. The van der Waals surface area contributed by atoms with Crippen LogP contribution in [0, 0.1) is 0 Å². The van der Waals surface area contributed by atoms with Gasteiger partial charge in [-0.15, -0.1) is 0 Å². The maximum absolute atomic E-state index is 4.50. The van der Waals surface area contributed by atoms with Gasteiger partial charge in [-0.05, 0) is 56.2 Å². The first-order chi connectivity index (χ1) is 13.4. The van der Waals surface area contributed by atoms with Gasteiger partial charge in [0, 0.05) is 16.7 Å². The Labute approximate surface area is 178 Å². The average Bonchev–Trinajstić information content (AvgIpc) is 2.71. The maximum Gasteiger partial charge on any atom is 0.0263 e. The third kappa shape index (κ3) is 15.2. The van der Waals surface area contributed by atoms with E-state index in [1.165, 1.54) is 88.4 Å². The Hall–Kier alpha value is -0.380. The maximum atomic E-state index is 4.50. The van der Waals surface area contributed by atoms with E-state index in [0.29, 0.717) is 6.04 Å². The number of rotatable bonds is 18. The highest BCUT2D eigenvalue weighted by Crippen LogP contribution is 2.17. The predicted octanol–water partition coefficient (Wildman–Crippen LogP) is 8.23. The van der Waals surface area contributed by atoms with Crippen LogP contribution in [0.3, 0.4) is 0 Å². The second kappa shape index (κ2) is 19.0.